The van der Waals surface area contributed by atoms with Gasteiger partial charge in [0, 0.05) is 0 Å². The average molecular weight is 345 g/mol. The van der Waals surface area contributed by atoms with Crippen LogP contribution in [0.4, 0.5) is 5.69 Å². The molecule has 8 nitrogen and oxygen atoms in total. The number of carboxylic acids is 1. The highest BCUT2D eigenvalue weighted by Crippen LogP contribution is 2.29. The number of primary sulfonamides is 1. The number of nitrogens with two attached hydrogens (primary N) is 1. The molecule has 0 unspecified atom stereocenters. The first-order valence-corrected chi connectivity index (χ1v) is 8.12. The van der Waals surface area contributed by atoms with E-state index in [4.69, 9.17) is 5.14 Å². The molecule has 1 aliphatic rings. The van der Waals surface area contributed by atoms with E-state index in [1.54, 1.807) is 0 Å². The van der Waals surface area contributed by atoms with E-state index in [0.29, 0.717) is 0 Å². The Morgan fingerprint density at radius 3 is 2.08 bits per heavy atom. The fourth-order valence-electron chi connectivity index (χ4n) is 2.39. The van der Waals surface area contributed by atoms with E-state index in [-0.39, 0.29) is 27.3 Å². The lowest BCUT2D eigenvalue weighted by Crippen LogP contribution is -2.29. The lowest BCUT2D eigenvalue weighted by Gasteiger charge is -2.14. The van der Waals surface area contributed by atoms with Crippen molar-refractivity contribution in [2.75, 3.05) is 4.90 Å². The number of rotatable bonds is 3. The van der Waals surface area contributed by atoms with E-state index in [2.05, 4.69) is 0 Å². The molecule has 0 bridgehead atoms. The van der Waals surface area contributed by atoms with Crippen molar-refractivity contribution in [2.45, 2.75) is 4.90 Å². The minimum atomic E-state index is -3.90. The summed E-state index contributed by atoms with van der Waals surface area (Å²) in [5, 5.41) is 15.9. The number of carbonyl (C=O) groups excluding carboxylic acids is 3. The van der Waals surface area contributed by atoms with Crippen molar-refractivity contribution in [1.82, 2.24) is 0 Å². The van der Waals surface area contributed by atoms with Crippen molar-refractivity contribution in [3.63, 3.8) is 0 Å². The molecule has 122 valence electrons. The van der Waals surface area contributed by atoms with Gasteiger partial charge in [-0.2, -0.15) is 0 Å². The second kappa shape index (κ2) is 5.25. The molecule has 3 rings (SSSR count). The van der Waals surface area contributed by atoms with Gasteiger partial charge in [-0.25, -0.2) is 18.5 Å². The summed E-state index contributed by atoms with van der Waals surface area (Å²) in [6.45, 7) is 0. The monoisotopic (exact) mass is 345 g/mol. The molecule has 0 radical (unpaired) electrons. The van der Waals surface area contributed by atoms with Gasteiger partial charge in [-0.3, -0.25) is 9.59 Å². The standard InChI is InChI=1S/C15H10N2O6S/c16-24(22,23)10-4-2-9(3-5-10)17-13(18)11-6-1-8(15(20)21)7-12(11)14(17)19/h1-7H,(H,20,21)(H2,16,22,23)/p-1. The summed E-state index contributed by atoms with van der Waals surface area (Å²) >= 11 is 0. The summed E-state index contributed by atoms with van der Waals surface area (Å²) in [5.41, 5.74) is -0.0809. The maximum Gasteiger partial charge on any atom is 0.266 e. The van der Waals surface area contributed by atoms with Crippen LogP contribution < -0.4 is 15.1 Å². The topological polar surface area (TPSA) is 138 Å². The van der Waals surface area contributed by atoms with Gasteiger partial charge in [0.15, 0.2) is 0 Å². The highest BCUT2D eigenvalue weighted by molar-refractivity contribution is 7.89. The molecule has 24 heavy (non-hydrogen) atoms. The fourth-order valence-corrected chi connectivity index (χ4v) is 2.90. The first kappa shape index (κ1) is 15.8. The summed E-state index contributed by atoms with van der Waals surface area (Å²) < 4.78 is 22.5. The molecule has 0 spiro atoms. The summed E-state index contributed by atoms with van der Waals surface area (Å²) in [7, 11) is -3.90. The number of nitrogens with zero attached hydrogens (tertiary/aromatic N) is 1. The molecule has 9 heteroatoms. The molecule has 2 amide bonds. The molecule has 0 saturated heterocycles. The fraction of sp³-hybridized carbons (Fsp3) is 0. The molecule has 0 saturated carbocycles. The molecule has 1 aliphatic heterocycles. The van der Waals surface area contributed by atoms with Crippen LogP contribution in [0.2, 0.25) is 0 Å². The Morgan fingerprint density at radius 2 is 1.54 bits per heavy atom. The third-order valence-corrected chi connectivity index (χ3v) is 4.47. The predicted molar refractivity (Wildman–Crippen MR) is 79.7 cm³/mol. The van der Waals surface area contributed by atoms with Gasteiger partial charge in [0.05, 0.1) is 27.7 Å². The normalized spacial score (nSPS) is 14.0. The van der Waals surface area contributed by atoms with Crippen LogP contribution in [-0.2, 0) is 10.0 Å². The number of amides is 2. The quantitative estimate of drug-likeness (QED) is 0.744. The number of anilines is 1. The summed E-state index contributed by atoms with van der Waals surface area (Å²) in [4.78, 5) is 36.3. The minimum absolute atomic E-state index is 0.0560. The zero-order valence-electron chi connectivity index (χ0n) is 11.9. The Bertz CT molecular complexity index is 995. The number of aromatic carboxylic acids is 1. The zero-order valence-corrected chi connectivity index (χ0v) is 12.7. The Kier molecular flexibility index (Phi) is 3.47. The van der Waals surface area contributed by atoms with Gasteiger partial charge < -0.3 is 9.90 Å². The van der Waals surface area contributed by atoms with E-state index < -0.39 is 27.8 Å². The molecule has 1 heterocycles. The number of hydrogen-bond donors (Lipinski definition) is 1. The van der Waals surface area contributed by atoms with Crippen LogP contribution in [-0.4, -0.2) is 26.2 Å². The molecule has 2 N–H and O–H groups in total. The second-order valence-electron chi connectivity index (χ2n) is 5.03. The Hall–Kier alpha value is -3.04. The van der Waals surface area contributed by atoms with Crippen LogP contribution in [0.3, 0.4) is 0 Å². The largest absolute Gasteiger partial charge is 0.545 e. The van der Waals surface area contributed by atoms with Crippen molar-refractivity contribution < 1.29 is 27.9 Å². The second-order valence-corrected chi connectivity index (χ2v) is 6.59. The van der Waals surface area contributed by atoms with Crippen molar-refractivity contribution in [3.8, 4) is 0 Å². The minimum Gasteiger partial charge on any atom is -0.545 e. The highest BCUT2D eigenvalue weighted by atomic mass is 32.2. The van der Waals surface area contributed by atoms with Gasteiger partial charge in [-0.05, 0) is 42.0 Å². The lowest BCUT2D eigenvalue weighted by atomic mass is 10.1. The number of carbonyl (C=O) groups is 3. The van der Waals surface area contributed by atoms with Crippen molar-refractivity contribution in [2.24, 2.45) is 5.14 Å². The zero-order chi connectivity index (χ0) is 17.6. The molecule has 0 atom stereocenters. The predicted octanol–water partition coefficient (Wildman–Crippen LogP) is -0.502. The van der Waals surface area contributed by atoms with Gasteiger partial charge in [0.1, 0.15) is 0 Å². The van der Waals surface area contributed by atoms with Crippen LogP contribution in [0.15, 0.2) is 47.4 Å². The summed E-state index contributed by atoms with van der Waals surface area (Å²) in [5.74, 6) is -2.81. The van der Waals surface area contributed by atoms with Gasteiger partial charge in [0.2, 0.25) is 10.0 Å². The molecular weight excluding hydrogens is 336 g/mol. The smallest absolute Gasteiger partial charge is 0.266 e. The van der Waals surface area contributed by atoms with Crippen molar-refractivity contribution >= 4 is 33.5 Å². The summed E-state index contributed by atoms with van der Waals surface area (Å²) in [6.07, 6.45) is 0. The van der Waals surface area contributed by atoms with E-state index in [9.17, 15) is 27.9 Å². The SMILES string of the molecule is NS(=O)(=O)c1ccc(N2C(=O)c3ccc(C(=O)[O-])cc3C2=O)cc1. The van der Waals surface area contributed by atoms with Crippen molar-refractivity contribution in [1.29, 1.82) is 0 Å². The van der Waals surface area contributed by atoms with Crippen LogP contribution in [0.5, 0.6) is 0 Å². The van der Waals surface area contributed by atoms with E-state index in [0.717, 1.165) is 11.0 Å². The van der Waals surface area contributed by atoms with Crippen LogP contribution in [0.1, 0.15) is 31.1 Å². The lowest BCUT2D eigenvalue weighted by molar-refractivity contribution is -0.255. The van der Waals surface area contributed by atoms with Gasteiger partial charge in [0.25, 0.3) is 11.8 Å². The number of imide groups is 1. The number of fused-ring (bicyclic) bond motifs is 1. The van der Waals surface area contributed by atoms with Gasteiger partial charge >= 0.3 is 0 Å². The first-order chi connectivity index (χ1) is 11.2. The molecule has 2 aromatic carbocycles. The molecule has 0 aromatic heterocycles. The highest BCUT2D eigenvalue weighted by Gasteiger charge is 2.36. The first-order valence-electron chi connectivity index (χ1n) is 6.57. The van der Waals surface area contributed by atoms with Gasteiger partial charge in [-0.15, -0.1) is 0 Å². The summed E-state index contributed by atoms with van der Waals surface area (Å²) in [6, 6.07) is 8.35. The Labute approximate surface area is 136 Å². The molecule has 0 aliphatic carbocycles. The van der Waals surface area contributed by atoms with E-state index >= 15 is 0 Å². The Morgan fingerprint density at radius 1 is 0.958 bits per heavy atom. The average Bonchev–Trinajstić information content (AvgIpc) is 2.77. The molecule has 2 aromatic rings. The van der Waals surface area contributed by atoms with Crippen LogP contribution in [0, 0.1) is 0 Å². The number of hydrogen-bond acceptors (Lipinski definition) is 6. The number of benzene rings is 2. The molecular formula is C15H9N2O6S-. The third kappa shape index (κ3) is 2.45. The van der Waals surface area contributed by atoms with Crippen LogP contribution >= 0.6 is 0 Å². The maximum atomic E-state index is 12.4. The Balaban J connectivity index is 2.03. The van der Waals surface area contributed by atoms with E-state index in [1.165, 1.54) is 36.4 Å². The van der Waals surface area contributed by atoms with E-state index in [1.807, 2.05) is 0 Å². The maximum absolute atomic E-state index is 12.4. The van der Waals surface area contributed by atoms with Crippen molar-refractivity contribution in [3.05, 3.63) is 59.2 Å². The number of sulfonamides is 1. The van der Waals surface area contributed by atoms with Crippen LogP contribution in [0.25, 0.3) is 0 Å². The molecule has 0 fully saturated rings. The number of carboxylic acid groups (broad SMARTS) is 1. The van der Waals surface area contributed by atoms with Gasteiger partial charge in [-0.1, -0.05) is 6.07 Å². The third-order valence-electron chi connectivity index (χ3n) is 3.55.